The Bertz CT molecular complexity index is 561. The summed E-state index contributed by atoms with van der Waals surface area (Å²) in [6.07, 6.45) is 3.42. The van der Waals surface area contributed by atoms with E-state index in [4.69, 9.17) is 5.73 Å². The number of rotatable bonds is 5. The topological polar surface area (TPSA) is 26.0 Å². The lowest BCUT2D eigenvalue weighted by Crippen LogP contribution is -2.33. The van der Waals surface area contributed by atoms with Crippen molar-refractivity contribution in [1.29, 1.82) is 0 Å². The molecule has 0 aliphatic heterocycles. The normalized spacial score (nSPS) is 19.8. The van der Waals surface area contributed by atoms with Crippen molar-refractivity contribution in [2.45, 2.75) is 44.1 Å². The summed E-state index contributed by atoms with van der Waals surface area (Å²) >= 11 is 0. The van der Waals surface area contributed by atoms with Gasteiger partial charge in [-0.2, -0.15) is 0 Å². The van der Waals surface area contributed by atoms with E-state index in [0.717, 1.165) is 12.8 Å². The van der Waals surface area contributed by atoms with Crippen molar-refractivity contribution in [3.8, 4) is 0 Å². The second kappa shape index (κ2) is 5.80. The van der Waals surface area contributed by atoms with Crippen LogP contribution >= 0.6 is 0 Å². The maximum atomic E-state index is 6.53. The van der Waals surface area contributed by atoms with Crippen LogP contribution in [0, 0.1) is 0 Å². The fourth-order valence-corrected chi connectivity index (χ4v) is 3.55. The summed E-state index contributed by atoms with van der Waals surface area (Å²) in [5.41, 5.74) is 10.9. The molecule has 0 aromatic heterocycles. The van der Waals surface area contributed by atoms with Crippen molar-refractivity contribution in [3.05, 3.63) is 71.3 Å². The molecule has 0 saturated heterocycles. The SMILES string of the molecule is CCC(c1ccccc1)C(N)CC1Cc2ccccc21. The average molecular weight is 265 g/mol. The molecule has 0 radical (unpaired) electrons. The third-order valence-corrected chi connectivity index (χ3v) is 4.70. The highest BCUT2D eigenvalue weighted by Crippen LogP contribution is 2.39. The maximum Gasteiger partial charge on any atom is 0.0114 e. The van der Waals surface area contributed by atoms with Gasteiger partial charge in [0.05, 0.1) is 0 Å². The van der Waals surface area contributed by atoms with E-state index in [0.29, 0.717) is 11.8 Å². The molecule has 1 aliphatic rings. The molecule has 2 N–H and O–H groups in total. The summed E-state index contributed by atoms with van der Waals surface area (Å²) in [7, 11) is 0. The Kier molecular flexibility index (Phi) is 3.88. The molecule has 0 spiro atoms. The minimum Gasteiger partial charge on any atom is -0.327 e. The summed E-state index contributed by atoms with van der Waals surface area (Å²) in [5, 5.41) is 0. The van der Waals surface area contributed by atoms with E-state index in [1.807, 2.05) is 0 Å². The van der Waals surface area contributed by atoms with Crippen LogP contribution in [-0.4, -0.2) is 6.04 Å². The van der Waals surface area contributed by atoms with Crippen molar-refractivity contribution in [2.24, 2.45) is 5.73 Å². The second-order valence-electron chi connectivity index (χ2n) is 5.92. The first-order valence-electron chi connectivity index (χ1n) is 7.68. The van der Waals surface area contributed by atoms with E-state index in [1.54, 1.807) is 0 Å². The highest BCUT2D eigenvalue weighted by molar-refractivity contribution is 5.40. The van der Waals surface area contributed by atoms with Gasteiger partial charge in [-0.1, -0.05) is 61.5 Å². The molecular formula is C19H23N. The molecule has 20 heavy (non-hydrogen) atoms. The Morgan fingerprint density at radius 3 is 2.45 bits per heavy atom. The molecule has 104 valence electrons. The Morgan fingerprint density at radius 2 is 1.75 bits per heavy atom. The molecule has 2 aromatic carbocycles. The van der Waals surface area contributed by atoms with Crippen molar-refractivity contribution >= 4 is 0 Å². The molecule has 0 fully saturated rings. The van der Waals surface area contributed by atoms with E-state index in [-0.39, 0.29) is 6.04 Å². The predicted octanol–water partition coefficient (Wildman–Crippen LogP) is 4.24. The largest absolute Gasteiger partial charge is 0.327 e. The maximum absolute atomic E-state index is 6.53. The number of hydrogen-bond acceptors (Lipinski definition) is 1. The van der Waals surface area contributed by atoms with Crippen molar-refractivity contribution in [3.63, 3.8) is 0 Å². The van der Waals surface area contributed by atoms with Crippen molar-refractivity contribution in [1.82, 2.24) is 0 Å². The fourth-order valence-electron chi connectivity index (χ4n) is 3.55. The predicted molar refractivity (Wildman–Crippen MR) is 85.0 cm³/mol. The summed E-state index contributed by atoms with van der Waals surface area (Å²) in [4.78, 5) is 0. The van der Waals surface area contributed by atoms with Crippen LogP contribution in [0.1, 0.15) is 48.3 Å². The summed E-state index contributed by atoms with van der Waals surface area (Å²) in [6, 6.07) is 19.8. The van der Waals surface area contributed by atoms with Crippen LogP contribution in [0.4, 0.5) is 0 Å². The van der Waals surface area contributed by atoms with Gasteiger partial charge in [0.1, 0.15) is 0 Å². The van der Waals surface area contributed by atoms with Crippen LogP contribution in [0.15, 0.2) is 54.6 Å². The zero-order chi connectivity index (χ0) is 13.9. The monoisotopic (exact) mass is 265 g/mol. The Hall–Kier alpha value is -1.60. The Balaban J connectivity index is 1.69. The first-order valence-corrected chi connectivity index (χ1v) is 7.68. The van der Waals surface area contributed by atoms with Gasteiger partial charge in [0.15, 0.2) is 0 Å². The van der Waals surface area contributed by atoms with Crippen LogP contribution in [0.25, 0.3) is 0 Å². The van der Waals surface area contributed by atoms with E-state index in [1.165, 1.54) is 23.1 Å². The summed E-state index contributed by atoms with van der Waals surface area (Å²) in [6.45, 7) is 2.24. The molecule has 0 heterocycles. The number of hydrogen-bond donors (Lipinski definition) is 1. The average Bonchev–Trinajstić information content (AvgIpc) is 2.47. The van der Waals surface area contributed by atoms with E-state index in [9.17, 15) is 0 Å². The van der Waals surface area contributed by atoms with Crippen LogP contribution in [-0.2, 0) is 6.42 Å². The molecular weight excluding hydrogens is 242 g/mol. The zero-order valence-electron chi connectivity index (χ0n) is 12.1. The Labute approximate surface area is 121 Å². The lowest BCUT2D eigenvalue weighted by Gasteiger charge is -2.34. The van der Waals surface area contributed by atoms with Gasteiger partial charge in [0.2, 0.25) is 0 Å². The third-order valence-electron chi connectivity index (χ3n) is 4.70. The van der Waals surface area contributed by atoms with Gasteiger partial charge in [-0.05, 0) is 47.8 Å². The van der Waals surface area contributed by atoms with Crippen LogP contribution < -0.4 is 5.73 Å². The smallest absolute Gasteiger partial charge is 0.0114 e. The molecule has 0 amide bonds. The standard InChI is InChI=1S/C19H23N/c1-2-17(14-8-4-3-5-9-14)19(20)13-16-12-15-10-6-7-11-18(15)16/h3-11,16-17,19H,2,12-13,20H2,1H3. The van der Waals surface area contributed by atoms with Gasteiger partial charge in [-0.3, -0.25) is 0 Å². The number of nitrogens with two attached hydrogens (primary N) is 1. The van der Waals surface area contributed by atoms with E-state index < -0.39 is 0 Å². The van der Waals surface area contributed by atoms with Gasteiger partial charge in [-0.25, -0.2) is 0 Å². The Morgan fingerprint density at radius 1 is 1.05 bits per heavy atom. The van der Waals surface area contributed by atoms with Gasteiger partial charge in [0.25, 0.3) is 0 Å². The quantitative estimate of drug-likeness (QED) is 0.860. The molecule has 3 unspecified atom stereocenters. The van der Waals surface area contributed by atoms with Gasteiger partial charge in [0, 0.05) is 6.04 Å². The summed E-state index contributed by atoms with van der Waals surface area (Å²) in [5.74, 6) is 1.14. The highest BCUT2D eigenvalue weighted by atomic mass is 14.7. The molecule has 0 bridgehead atoms. The number of fused-ring (bicyclic) bond motifs is 1. The van der Waals surface area contributed by atoms with Gasteiger partial charge >= 0.3 is 0 Å². The van der Waals surface area contributed by atoms with Crippen LogP contribution in [0.5, 0.6) is 0 Å². The molecule has 1 nitrogen and oxygen atoms in total. The minimum atomic E-state index is 0.251. The van der Waals surface area contributed by atoms with Gasteiger partial charge in [-0.15, -0.1) is 0 Å². The molecule has 1 heteroatoms. The van der Waals surface area contributed by atoms with E-state index >= 15 is 0 Å². The third kappa shape index (κ3) is 2.51. The van der Waals surface area contributed by atoms with Crippen LogP contribution in [0.2, 0.25) is 0 Å². The minimum absolute atomic E-state index is 0.251. The lowest BCUT2D eigenvalue weighted by atomic mass is 9.72. The molecule has 1 aliphatic carbocycles. The van der Waals surface area contributed by atoms with Crippen molar-refractivity contribution < 1.29 is 0 Å². The van der Waals surface area contributed by atoms with Gasteiger partial charge < -0.3 is 5.73 Å². The first kappa shape index (κ1) is 13.4. The summed E-state index contributed by atoms with van der Waals surface area (Å²) < 4.78 is 0. The lowest BCUT2D eigenvalue weighted by molar-refractivity contribution is 0.424. The zero-order valence-corrected chi connectivity index (χ0v) is 12.1. The molecule has 0 saturated carbocycles. The second-order valence-corrected chi connectivity index (χ2v) is 5.92. The first-order chi connectivity index (χ1) is 9.79. The number of benzene rings is 2. The fraction of sp³-hybridized carbons (Fsp3) is 0.368. The highest BCUT2D eigenvalue weighted by Gasteiger charge is 2.29. The molecule has 3 atom stereocenters. The van der Waals surface area contributed by atoms with E-state index in [2.05, 4.69) is 61.5 Å². The van der Waals surface area contributed by atoms with Crippen LogP contribution in [0.3, 0.4) is 0 Å². The molecule has 3 rings (SSSR count). The molecule has 2 aromatic rings. The van der Waals surface area contributed by atoms with Crippen molar-refractivity contribution in [2.75, 3.05) is 0 Å².